The lowest BCUT2D eigenvalue weighted by atomic mass is 10.1. The van der Waals surface area contributed by atoms with Crippen molar-refractivity contribution in [3.63, 3.8) is 0 Å². The van der Waals surface area contributed by atoms with E-state index in [1.54, 1.807) is 23.2 Å². The Morgan fingerprint density at radius 1 is 1.15 bits per heavy atom. The number of pyridine rings is 1. The number of morpholine rings is 1. The van der Waals surface area contributed by atoms with Gasteiger partial charge in [-0.2, -0.15) is 18.2 Å². The first-order chi connectivity index (χ1) is 15.8. The third kappa shape index (κ3) is 5.17. The summed E-state index contributed by atoms with van der Waals surface area (Å²) in [7, 11) is 0. The van der Waals surface area contributed by atoms with E-state index in [-0.39, 0.29) is 42.1 Å². The monoisotopic (exact) mass is 461 g/mol. The number of amides is 2. The molecule has 2 amide bonds. The molecule has 1 aliphatic rings. The molecule has 4 rings (SSSR count). The molecule has 3 aromatic rings. The Morgan fingerprint density at radius 3 is 2.61 bits per heavy atom. The summed E-state index contributed by atoms with van der Waals surface area (Å²) < 4.78 is 47.5. The lowest BCUT2D eigenvalue weighted by Crippen LogP contribution is -2.53. The van der Waals surface area contributed by atoms with E-state index in [9.17, 15) is 22.8 Å². The molecule has 1 unspecified atom stereocenters. The number of benzene rings is 1. The van der Waals surface area contributed by atoms with E-state index in [1.165, 1.54) is 30.5 Å². The van der Waals surface area contributed by atoms with Gasteiger partial charge in [-0.15, -0.1) is 0 Å². The molecule has 33 heavy (non-hydrogen) atoms. The van der Waals surface area contributed by atoms with Crippen LogP contribution in [-0.4, -0.2) is 64.2 Å². The highest BCUT2D eigenvalue weighted by Gasteiger charge is 2.38. The molecule has 3 heterocycles. The molecule has 0 radical (unpaired) electrons. The van der Waals surface area contributed by atoms with Crippen LogP contribution in [0.1, 0.15) is 26.6 Å². The number of nitrogens with one attached hydrogen (secondary N) is 1. The van der Waals surface area contributed by atoms with Crippen LogP contribution in [-0.2, 0) is 10.9 Å². The second-order valence-electron chi connectivity index (χ2n) is 7.18. The Kier molecular flexibility index (Phi) is 6.36. The van der Waals surface area contributed by atoms with Crippen molar-refractivity contribution < 1.29 is 32.0 Å². The van der Waals surface area contributed by atoms with Crippen LogP contribution in [0.4, 0.5) is 13.2 Å². The van der Waals surface area contributed by atoms with Gasteiger partial charge in [0.25, 0.3) is 11.8 Å². The van der Waals surface area contributed by atoms with Gasteiger partial charge in [-0.1, -0.05) is 17.3 Å². The average molecular weight is 461 g/mol. The number of aromatic nitrogens is 3. The van der Waals surface area contributed by atoms with Gasteiger partial charge in [0.2, 0.25) is 5.82 Å². The summed E-state index contributed by atoms with van der Waals surface area (Å²) in [5.41, 5.74) is 0.987. The fraction of sp³-hybridized carbons (Fsp3) is 0.286. The van der Waals surface area contributed by atoms with Crippen molar-refractivity contribution in [2.24, 2.45) is 0 Å². The quantitative estimate of drug-likeness (QED) is 0.621. The number of ether oxygens (including phenoxy) is 1. The molecule has 12 heteroatoms. The number of halogens is 3. The SMILES string of the molecule is O=C(NCC1COCCN1C(=O)c1cccnc1)c1ccc(-c2noc(C(F)(F)F)n2)cc1. The normalized spacial score (nSPS) is 16.5. The number of nitrogens with zero attached hydrogens (tertiary/aromatic N) is 4. The number of carbonyl (C=O) groups is 2. The van der Waals surface area contributed by atoms with Gasteiger partial charge in [0.1, 0.15) is 0 Å². The summed E-state index contributed by atoms with van der Waals surface area (Å²) in [6, 6.07) is 8.68. The largest absolute Gasteiger partial charge is 0.471 e. The van der Waals surface area contributed by atoms with E-state index in [0.717, 1.165) is 0 Å². The highest BCUT2D eigenvalue weighted by Crippen LogP contribution is 2.29. The smallest absolute Gasteiger partial charge is 0.377 e. The van der Waals surface area contributed by atoms with Gasteiger partial charge in [-0.3, -0.25) is 14.6 Å². The molecule has 2 aromatic heterocycles. The molecule has 1 aliphatic heterocycles. The average Bonchev–Trinajstić information content (AvgIpc) is 3.34. The van der Waals surface area contributed by atoms with Gasteiger partial charge in [0, 0.05) is 36.6 Å². The zero-order valence-corrected chi connectivity index (χ0v) is 17.1. The van der Waals surface area contributed by atoms with Crippen LogP contribution < -0.4 is 5.32 Å². The molecule has 1 N–H and O–H groups in total. The van der Waals surface area contributed by atoms with Crippen LogP contribution in [0.5, 0.6) is 0 Å². The Balaban J connectivity index is 1.38. The summed E-state index contributed by atoms with van der Waals surface area (Å²) in [5, 5.41) is 6.07. The van der Waals surface area contributed by atoms with Gasteiger partial charge < -0.3 is 19.5 Å². The Labute approximate surface area is 185 Å². The van der Waals surface area contributed by atoms with Crippen molar-refractivity contribution >= 4 is 11.8 Å². The maximum absolute atomic E-state index is 12.8. The molecular weight excluding hydrogens is 443 g/mol. The number of hydrogen-bond donors (Lipinski definition) is 1. The molecule has 0 bridgehead atoms. The van der Waals surface area contributed by atoms with E-state index in [0.29, 0.717) is 18.7 Å². The molecule has 1 fully saturated rings. The van der Waals surface area contributed by atoms with E-state index < -0.39 is 18.0 Å². The minimum atomic E-state index is -4.74. The van der Waals surface area contributed by atoms with Gasteiger partial charge in [-0.25, -0.2) is 0 Å². The third-order valence-corrected chi connectivity index (χ3v) is 4.97. The Hall–Kier alpha value is -3.80. The summed E-state index contributed by atoms with van der Waals surface area (Å²) in [6.07, 6.45) is -1.68. The van der Waals surface area contributed by atoms with E-state index in [4.69, 9.17) is 4.74 Å². The first-order valence-electron chi connectivity index (χ1n) is 9.91. The predicted octanol–water partition coefficient (Wildman–Crippen LogP) is 2.42. The minimum absolute atomic E-state index is 0.159. The van der Waals surface area contributed by atoms with Gasteiger partial charge in [-0.05, 0) is 24.3 Å². The molecule has 9 nitrogen and oxygen atoms in total. The summed E-state index contributed by atoms with van der Waals surface area (Å²) >= 11 is 0. The maximum atomic E-state index is 12.8. The lowest BCUT2D eigenvalue weighted by Gasteiger charge is -2.35. The van der Waals surface area contributed by atoms with Crippen molar-refractivity contribution in [2.75, 3.05) is 26.3 Å². The Bertz CT molecular complexity index is 1120. The summed E-state index contributed by atoms with van der Waals surface area (Å²) in [4.78, 5) is 34.3. The molecule has 172 valence electrons. The second-order valence-corrected chi connectivity index (χ2v) is 7.18. The zero-order chi connectivity index (χ0) is 23.4. The van der Waals surface area contributed by atoms with E-state index >= 15 is 0 Å². The zero-order valence-electron chi connectivity index (χ0n) is 17.1. The predicted molar refractivity (Wildman–Crippen MR) is 107 cm³/mol. The van der Waals surface area contributed by atoms with Crippen LogP contribution in [0.2, 0.25) is 0 Å². The number of rotatable bonds is 5. The molecule has 1 saturated heterocycles. The second kappa shape index (κ2) is 9.36. The summed E-state index contributed by atoms with van der Waals surface area (Å²) in [5.74, 6) is -2.30. The fourth-order valence-electron chi connectivity index (χ4n) is 3.29. The molecular formula is C21H18F3N5O4. The number of alkyl halides is 3. The molecule has 1 atom stereocenters. The standard InChI is InChI=1S/C21H18F3N5O4/c22-21(23,24)20-27-17(28-33-20)13-3-5-14(6-4-13)18(30)26-11-16-12-32-9-8-29(16)19(31)15-2-1-7-25-10-15/h1-7,10,16H,8-9,11-12H2,(H,26,30). The lowest BCUT2D eigenvalue weighted by molar-refractivity contribution is -0.159. The maximum Gasteiger partial charge on any atom is 0.471 e. The van der Waals surface area contributed by atoms with Crippen molar-refractivity contribution in [3.05, 3.63) is 65.8 Å². The first kappa shape index (κ1) is 22.4. The highest BCUT2D eigenvalue weighted by molar-refractivity contribution is 5.95. The van der Waals surface area contributed by atoms with Gasteiger partial charge >= 0.3 is 12.1 Å². The van der Waals surface area contributed by atoms with E-state index in [2.05, 4.69) is 25.0 Å². The van der Waals surface area contributed by atoms with Crippen molar-refractivity contribution in [3.8, 4) is 11.4 Å². The molecule has 1 aromatic carbocycles. The molecule has 0 saturated carbocycles. The van der Waals surface area contributed by atoms with Crippen molar-refractivity contribution in [1.82, 2.24) is 25.3 Å². The number of hydrogen-bond acceptors (Lipinski definition) is 7. The fourth-order valence-corrected chi connectivity index (χ4v) is 3.29. The van der Waals surface area contributed by atoms with Crippen LogP contribution >= 0.6 is 0 Å². The number of carbonyl (C=O) groups excluding carboxylic acids is 2. The highest BCUT2D eigenvalue weighted by atomic mass is 19.4. The van der Waals surface area contributed by atoms with Crippen LogP contribution in [0.25, 0.3) is 11.4 Å². The van der Waals surface area contributed by atoms with Crippen LogP contribution in [0.15, 0.2) is 53.3 Å². The first-order valence-corrected chi connectivity index (χ1v) is 9.91. The van der Waals surface area contributed by atoms with Crippen LogP contribution in [0, 0.1) is 0 Å². The minimum Gasteiger partial charge on any atom is -0.377 e. The van der Waals surface area contributed by atoms with E-state index in [1.807, 2.05) is 0 Å². The van der Waals surface area contributed by atoms with Gasteiger partial charge in [0.05, 0.1) is 24.8 Å². The van der Waals surface area contributed by atoms with Crippen molar-refractivity contribution in [1.29, 1.82) is 0 Å². The topological polar surface area (TPSA) is 110 Å². The third-order valence-electron chi connectivity index (χ3n) is 4.97. The molecule has 0 spiro atoms. The van der Waals surface area contributed by atoms with Crippen molar-refractivity contribution in [2.45, 2.75) is 12.2 Å². The van der Waals surface area contributed by atoms with Gasteiger partial charge in [0.15, 0.2) is 0 Å². The summed E-state index contributed by atoms with van der Waals surface area (Å²) in [6.45, 7) is 1.20. The molecule has 0 aliphatic carbocycles. The van der Waals surface area contributed by atoms with Crippen LogP contribution in [0.3, 0.4) is 0 Å². The Morgan fingerprint density at radius 2 is 1.94 bits per heavy atom.